The average Bonchev–Trinajstić information content (AvgIpc) is 3.76. The zero-order valence-electron chi connectivity index (χ0n) is 27.8. The zero-order valence-corrected chi connectivity index (χ0v) is 28.6. The van der Waals surface area contributed by atoms with Crippen LogP contribution in [0.25, 0.3) is 93.0 Å². The fourth-order valence-electron chi connectivity index (χ4n) is 7.43. The first kappa shape index (κ1) is 29.5. The number of hydrogen-bond acceptors (Lipinski definition) is 4. The minimum Gasteiger partial charge on any atom is -0.308 e. The standard InChI is InChI=1S/C46H30N4S/c1-29-27-38-35-23-11-12-26-39(35)50(34-21-9-4-10-22-34)41(38)43-40(29)36-24-14-25-37(42(36)51-43)46-48-44(31-17-7-3-8-18-31)47-45(49-46)33-20-13-19-32(28-33)30-15-5-2-6-16-30/h2-28H,1H3. The molecular formula is C46H30N4S. The number of benzene rings is 7. The highest BCUT2D eigenvalue weighted by Gasteiger charge is 2.22. The fourth-order valence-corrected chi connectivity index (χ4v) is 8.86. The van der Waals surface area contributed by atoms with Gasteiger partial charge in [0, 0.05) is 48.6 Å². The molecule has 7 aromatic carbocycles. The molecule has 240 valence electrons. The van der Waals surface area contributed by atoms with E-state index in [2.05, 4.69) is 151 Å². The van der Waals surface area contributed by atoms with Crippen LogP contribution in [0.3, 0.4) is 0 Å². The van der Waals surface area contributed by atoms with Gasteiger partial charge >= 0.3 is 0 Å². The van der Waals surface area contributed by atoms with E-state index in [0.717, 1.165) is 33.5 Å². The van der Waals surface area contributed by atoms with Crippen molar-refractivity contribution in [3.63, 3.8) is 0 Å². The Morgan fingerprint density at radius 3 is 1.82 bits per heavy atom. The van der Waals surface area contributed by atoms with Crippen LogP contribution in [0.2, 0.25) is 0 Å². The molecule has 4 nitrogen and oxygen atoms in total. The largest absolute Gasteiger partial charge is 0.308 e. The Morgan fingerprint density at radius 1 is 0.451 bits per heavy atom. The van der Waals surface area contributed by atoms with Gasteiger partial charge in [-0.3, -0.25) is 0 Å². The van der Waals surface area contributed by atoms with Gasteiger partial charge in [-0.05, 0) is 60.0 Å². The normalized spacial score (nSPS) is 11.6. The highest BCUT2D eigenvalue weighted by molar-refractivity contribution is 7.27. The summed E-state index contributed by atoms with van der Waals surface area (Å²) in [6.07, 6.45) is 0. The van der Waals surface area contributed by atoms with E-state index in [0.29, 0.717) is 17.5 Å². The zero-order chi connectivity index (χ0) is 33.9. The van der Waals surface area contributed by atoms with Gasteiger partial charge in [0.1, 0.15) is 0 Å². The molecule has 0 bridgehead atoms. The van der Waals surface area contributed by atoms with E-state index in [4.69, 9.17) is 15.0 Å². The van der Waals surface area contributed by atoms with Crippen LogP contribution in [-0.2, 0) is 0 Å². The van der Waals surface area contributed by atoms with Crippen molar-refractivity contribution in [1.29, 1.82) is 0 Å². The maximum atomic E-state index is 5.22. The summed E-state index contributed by atoms with van der Waals surface area (Å²) in [5.41, 5.74) is 10.0. The third kappa shape index (κ3) is 4.85. The lowest BCUT2D eigenvalue weighted by molar-refractivity contribution is 1.08. The average molecular weight is 671 g/mol. The van der Waals surface area contributed by atoms with E-state index in [1.54, 1.807) is 0 Å². The Balaban J connectivity index is 1.25. The van der Waals surface area contributed by atoms with Gasteiger partial charge in [-0.15, -0.1) is 11.3 Å². The Morgan fingerprint density at radius 2 is 1.04 bits per heavy atom. The summed E-state index contributed by atoms with van der Waals surface area (Å²) in [5, 5.41) is 5.01. The number of rotatable bonds is 5. The molecule has 10 aromatic rings. The van der Waals surface area contributed by atoms with Gasteiger partial charge in [0.15, 0.2) is 17.5 Å². The lowest BCUT2D eigenvalue weighted by Crippen LogP contribution is -2.00. The van der Waals surface area contributed by atoms with Crippen LogP contribution in [0.4, 0.5) is 0 Å². The third-order valence-electron chi connectivity index (χ3n) is 9.75. The molecule has 0 radical (unpaired) electrons. The van der Waals surface area contributed by atoms with Gasteiger partial charge < -0.3 is 4.57 Å². The van der Waals surface area contributed by atoms with Gasteiger partial charge in [0.2, 0.25) is 0 Å². The van der Waals surface area contributed by atoms with Crippen molar-refractivity contribution in [1.82, 2.24) is 19.5 Å². The van der Waals surface area contributed by atoms with Gasteiger partial charge in [0.25, 0.3) is 0 Å². The Hall–Kier alpha value is -6.43. The first-order valence-electron chi connectivity index (χ1n) is 17.1. The summed E-state index contributed by atoms with van der Waals surface area (Å²) in [7, 11) is 0. The van der Waals surface area contributed by atoms with Crippen molar-refractivity contribution in [2.75, 3.05) is 0 Å². The predicted molar refractivity (Wildman–Crippen MR) is 214 cm³/mol. The maximum absolute atomic E-state index is 5.22. The van der Waals surface area contributed by atoms with E-state index >= 15 is 0 Å². The first-order valence-corrected chi connectivity index (χ1v) is 17.9. The van der Waals surface area contributed by atoms with Crippen molar-refractivity contribution >= 4 is 53.3 Å². The number of aromatic nitrogens is 4. The molecule has 3 aromatic heterocycles. The number of nitrogens with zero attached hydrogens (tertiary/aromatic N) is 4. The molecule has 0 spiro atoms. The molecular weight excluding hydrogens is 641 g/mol. The summed E-state index contributed by atoms with van der Waals surface area (Å²) >= 11 is 1.83. The Labute approximate surface area is 299 Å². The number of fused-ring (bicyclic) bond motifs is 7. The summed E-state index contributed by atoms with van der Waals surface area (Å²) in [4.78, 5) is 15.4. The second-order valence-electron chi connectivity index (χ2n) is 12.9. The lowest BCUT2D eigenvalue weighted by Gasteiger charge is -2.10. The van der Waals surface area contributed by atoms with Gasteiger partial charge in [0.05, 0.1) is 15.7 Å². The first-order chi connectivity index (χ1) is 25.2. The van der Waals surface area contributed by atoms with Crippen molar-refractivity contribution in [2.45, 2.75) is 6.92 Å². The number of thiophene rings is 1. The van der Waals surface area contributed by atoms with Crippen LogP contribution in [0.5, 0.6) is 0 Å². The SMILES string of the molecule is Cc1cc2c3ccccc3n(-c3ccccc3)c2c2sc3c(-c4nc(-c5ccccc5)nc(-c5cccc(-c6ccccc6)c5)n4)cccc3c12. The molecule has 0 unspecified atom stereocenters. The van der Waals surface area contributed by atoms with E-state index in [1.165, 1.54) is 47.5 Å². The van der Waals surface area contributed by atoms with Crippen molar-refractivity contribution in [3.05, 3.63) is 169 Å². The number of aryl methyl sites for hydroxylation is 1. The van der Waals surface area contributed by atoms with E-state index in [1.807, 2.05) is 35.6 Å². The van der Waals surface area contributed by atoms with Crippen molar-refractivity contribution < 1.29 is 0 Å². The lowest BCUT2D eigenvalue weighted by atomic mass is 10.0. The highest BCUT2D eigenvalue weighted by Crippen LogP contribution is 2.47. The quantitative estimate of drug-likeness (QED) is 0.183. The predicted octanol–water partition coefficient (Wildman–Crippen LogP) is 12.3. The second kappa shape index (κ2) is 11.9. The Kier molecular flexibility index (Phi) is 6.86. The highest BCUT2D eigenvalue weighted by atomic mass is 32.1. The van der Waals surface area contributed by atoms with Crippen LogP contribution >= 0.6 is 11.3 Å². The minimum atomic E-state index is 0.650. The summed E-state index contributed by atoms with van der Waals surface area (Å²) < 4.78 is 4.86. The van der Waals surface area contributed by atoms with E-state index < -0.39 is 0 Å². The summed E-state index contributed by atoms with van der Waals surface area (Å²) in [6.45, 7) is 2.24. The van der Waals surface area contributed by atoms with Gasteiger partial charge in [-0.1, -0.05) is 127 Å². The van der Waals surface area contributed by atoms with E-state index in [-0.39, 0.29) is 0 Å². The molecule has 10 rings (SSSR count). The molecule has 3 heterocycles. The molecule has 0 saturated carbocycles. The van der Waals surface area contributed by atoms with Gasteiger partial charge in [-0.2, -0.15) is 0 Å². The van der Waals surface area contributed by atoms with Crippen molar-refractivity contribution in [2.24, 2.45) is 0 Å². The number of para-hydroxylation sites is 2. The molecule has 5 heteroatoms. The molecule has 51 heavy (non-hydrogen) atoms. The van der Waals surface area contributed by atoms with Crippen LogP contribution < -0.4 is 0 Å². The molecule has 0 N–H and O–H groups in total. The summed E-state index contributed by atoms with van der Waals surface area (Å²) in [6, 6.07) is 57.5. The molecule has 0 atom stereocenters. The molecule has 0 amide bonds. The monoisotopic (exact) mass is 670 g/mol. The van der Waals surface area contributed by atoms with Crippen LogP contribution in [0.1, 0.15) is 5.56 Å². The molecule has 0 fully saturated rings. The molecule has 0 aliphatic rings. The van der Waals surface area contributed by atoms with Crippen molar-refractivity contribution in [3.8, 4) is 51.0 Å². The smallest absolute Gasteiger partial charge is 0.165 e. The van der Waals surface area contributed by atoms with Gasteiger partial charge in [-0.25, -0.2) is 15.0 Å². The molecule has 0 saturated heterocycles. The topological polar surface area (TPSA) is 43.6 Å². The van der Waals surface area contributed by atoms with Crippen LogP contribution in [0, 0.1) is 6.92 Å². The summed E-state index contributed by atoms with van der Waals surface area (Å²) in [5.74, 6) is 1.97. The van der Waals surface area contributed by atoms with E-state index in [9.17, 15) is 0 Å². The maximum Gasteiger partial charge on any atom is 0.165 e. The Bertz CT molecular complexity index is 2910. The second-order valence-corrected chi connectivity index (χ2v) is 13.9. The van der Waals surface area contributed by atoms with Crippen LogP contribution in [0.15, 0.2) is 164 Å². The molecule has 0 aliphatic heterocycles. The number of hydrogen-bond donors (Lipinski definition) is 0. The third-order valence-corrected chi connectivity index (χ3v) is 11.0. The van der Waals surface area contributed by atoms with Crippen LogP contribution in [-0.4, -0.2) is 19.5 Å². The minimum absolute atomic E-state index is 0.650. The fraction of sp³-hybridized carbons (Fsp3) is 0.0217. The molecule has 0 aliphatic carbocycles.